The average Bonchev–Trinajstić information content (AvgIpc) is 3.58. The number of aryl methyl sites for hydroxylation is 1. The van der Waals surface area contributed by atoms with Gasteiger partial charge in [0.2, 0.25) is 5.91 Å². The van der Waals surface area contributed by atoms with Gasteiger partial charge in [-0.25, -0.2) is 14.8 Å². The van der Waals surface area contributed by atoms with Crippen molar-refractivity contribution in [3.63, 3.8) is 0 Å². The molecule has 9 heteroatoms. The lowest BCUT2D eigenvalue weighted by Crippen LogP contribution is -2.49. The van der Waals surface area contributed by atoms with Crippen LogP contribution in [0.4, 0.5) is 4.39 Å². The summed E-state index contributed by atoms with van der Waals surface area (Å²) in [5, 5.41) is 14.5. The Balaban J connectivity index is 1.40. The van der Waals surface area contributed by atoms with Crippen LogP contribution in [0.3, 0.4) is 0 Å². The highest BCUT2D eigenvalue weighted by Crippen LogP contribution is 2.34. The number of rotatable bonds is 6. The third-order valence-corrected chi connectivity index (χ3v) is 7.17. The summed E-state index contributed by atoms with van der Waals surface area (Å²) in [6.07, 6.45) is -0.281. The Bertz CT molecular complexity index is 1320. The quantitative estimate of drug-likeness (QED) is 0.470. The van der Waals surface area contributed by atoms with E-state index in [1.165, 1.54) is 6.07 Å². The molecule has 3 heterocycles. The molecule has 4 atom stereocenters. The number of hydrogen-bond donors (Lipinski definition) is 3. The van der Waals surface area contributed by atoms with E-state index < -0.39 is 23.7 Å². The van der Waals surface area contributed by atoms with Crippen LogP contribution in [-0.4, -0.2) is 45.6 Å². The molecule has 0 saturated carbocycles. The van der Waals surface area contributed by atoms with E-state index in [9.17, 15) is 14.3 Å². The zero-order valence-corrected chi connectivity index (χ0v) is 21.4. The third kappa shape index (κ3) is 4.76. The standard InChI is InChI=1S/C28H32FN5O3/c1-16(2)25(24-13-17(3)32-37-24)27(36)34-15-20(35)14-23(34)26-30-28(4,33-31-26)19-11-9-18(10-12-19)21-7-5-6-8-22(21)29/h5-13,16,20,23,25,33,35H,14-15H2,1-4H3,(H,30,31)/t20-,23+,25-,28?/m1/s1. The monoisotopic (exact) mass is 505 g/mol. The van der Waals surface area contributed by atoms with Crippen molar-refractivity contribution in [3.05, 3.63) is 77.4 Å². The van der Waals surface area contributed by atoms with Gasteiger partial charge in [-0.1, -0.05) is 61.5 Å². The second kappa shape index (κ2) is 9.72. The van der Waals surface area contributed by atoms with Crippen molar-refractivity contribution in [1.29, 1.82) is 0 Å². The maximum Gasteiger partial charge on any atom is 0.234 e. The molecule has 0 bridgehead atoms. The zero-order valence-electron chi connectivity index (χ0n) is 21.4. The van der Waals surface area contributed by atoms with Crippen molar-refractivity contribution in [2.24, 2.45) is 10.9 Å². The number of benzene rings is 2. The second-order valence-corrected chi connectivity index (χ2v) is 10.4. The van der Waals surface area contributed by atoms with Crippen LogP contribution in [0.2, 0.25) is 0 Å². The molecule has 2 aromatic carbocycles. The highest BCUT2D eigenvalue weighted by molar-refractivity contribution is 5.94. The van der Waals surface area contributed by atoms with Gasteiger partial charge >= 0.3 is 0 Å². The predicted octanol–water partition coefficient (Wildman–Crippen LogP) is 3.87. The Labute approximate surface area is 215 Å². The van der Waals surface area contributed by atoms with Crippen molar-refractivity contribution in [3.8, 4) is 11.1 Å². The molecule has 8 nitrogen and oxygen atoms in total. The Hall–Kier alpha value is -3.56. The number of aliphatic hydroxyl groups is 1. The number of halogens is 1. The molecule has 1 aromatic heterocycles. The van der Waals surface area contributed by atoms with Gasteiger partial charge in [0.15, 0.2) is 5.66 Å². The SMILES string of the molecule is Cc1cc([C@H](C(=O)N2C[C@H](O)C[C@H]2C2=NC(C)(c3ccc(-c4ccccc4F)cc3)NN2)C(C)C)on1. The molecule has 0 aliphatic carbocycles. The van der Waals surface area contributed by atoms with Crippen LogP contribution in [0.15, 0.2) is 64.1 Å². The first-order valence-electron chi connectivity index (χ1n) is 12.6. The fraction of sp³-hybridized carbons (Fsp3) is 0.393. The van der Waals surface area contributed by atoms with Gasteiger partial charge in [-0.15, -0.1) is 0 Å². The van der Waals surface area contributed by atoms with Crippen LogP contribution in [0, 0.1) is 18.7 Å². The van der Waals surface area contributed by atoms with E-state index in [2.05, 4.69) is 16.0 Å². The summed E-state index contributed by atoms with van der Waals surface area (Å²) < 4.78 is 19.7. The van der Waals surface area contributed by atoms with Gasteiger partial charge in [0.25, 0.3) is 0 Å². The molecule has 3 aromatic rings. The number of hydrogen-bond acceptors (Lipinski definition) is 7. The van der Waals surface area contributed by atoms with E-state index in [1.54, 1.807) is 23.1 Å². The van der Waals surface area contributed by atoms with Crippen LogP contribution in [-0.2, 0) is 10.5 Å². The number of nitrogens with zero attached hydrogens (tertiary/aromatic N) is 3. The summed E-state index contributed by atoms with van der Waals surface area (Å²) >= 11 is 0. The van der Waals surface area contributed by atoms with Crippen LogP contribution in [0.25, 0.3) is 11.1 Å². The van der Waals surface area contributed by atoms with Crippen molar-refractivity contribution in [2.45, 2.75) is 57.8 Å². The molecule has 37 heavy (non-hydrogen) atoms. The number of aliphatic hydroxyl groups excluding tert-OH is 1. The maximum atomic E-state index is 14.2. The van der Waals surface area contributed by atoms with Gasteiger partial charge < -0.3 is 20.0 Å². The molecule has 0 radical (unpaired) electrons. The first kappa shape index (κ1) is 25.1. The number of carbonyl (C=O) groups is 1. The summed E-state index contributed by atoms with van der Waals surface area (Å²) in [6.45, 7) is 7.91. The number of nitrogens with one attached hydrogen (secondary N) is 2. The van der Waals surface area contributed by atoms with Crippen LogP contribution < -0.4 is 10.9 Å². The number of carbonyl (C=O) groups excluding carboxylic acids is 1. The predicted molar refractivity (Wildman–Crippen MR) is 138 cm³/mol. The largest absolute Gasteiger partial charge is 0.391 e. The summed E-state index contributed by atoms with van der Waals surface area (Å²) in [4.78, 5) is 20.3. The number of hydrazine groups is 1. The Morgan fingerprint density at radius 3 is 2.59 bits per heavy atom. The zero-order chi connectivity index (χ0) is 26.3. The highest BCUT2D eigenvalue weighted by atomic mass is 19.1. The van der Waals surface area contributed by atoms with Crippen LogP contribution in [0.5, 0.6) is 0 Å². The second-order valence-electron chi connectivity index (χ2n) is 10.4. The third-order valence-electron chi connectivity index (χ3n) is 7.17. The number of aliphatic imine (C=N–C) groups is 1. The summed E-state index contributed by atoms with van der Waals surface area (Å²) in [7, 11) is 0. The molecule has 2 aliphatic rings. The number of amidine groups is 1. The number of likely N-dealkylation sites (tertiary alicyclic amines) is 1. The van der Waals surface area contributed by atoms with Crippen LogP contribution >= 0.6 is 0 Å². The van der Waals surface area contributed by atoms with Gasteiger partial charge in [0.1, 0.15) is 23.3 Å². The normalized spacial score (nSPS) is 24.3. The summed E-state index contributed by atoms with van der Waals surface area (Å²) in [5.74, 6) is 0.181. The lowest BCUT2D eigenvalue weighted by atomic mass is 9.91. The van der Waals surface area contributed by atoms with Crippen molar-refractivity contribution >= 4 is 11.7 Å². The van der Waals surface area contributed by atoms with Gasteiger partial charge in [-0.3, -0.25) is 4.79 Å². The van der Waals surface area contributed by atoms with Crippen molar-refractivity contribution < 1.29 is 18.8 Å². The smallest absolute Gasteiger partial charge is 0.234 e. The molecule has 0 spiro atoms. The lowest BCUT2D eigenvalue weighted by Gasteiger charge is -2.29. The molecule has 1 saturated heterocycles. The fourth-order valence-electron chi connectivity index (χ4n) is 5.21. The van der Waals surface area contributed by atoms with Gasteiger partial charge in [0.05, 0.1) is 17.8 Å². The molecular formula is C28H32FN5O3. The summed E-state index contributed by atoms with van der Waals surface area (Å²) in [6, 6.07) is 15.6. The lowest BCUT2D eigenvalue weighted by molar-refractivity contribution is -0.134. The molecule has 1 unspecified atom stereocenters. The van der Waals surface area contributed by atoms with Crippen molar-refractivity contribution in [2.75, 3.05) is 6.54 Å². The first-order chi connectivity index (χ1) is 17.7. The van der Waals surface area contributed by atoms with Crippen molar-refractivity contribution in [1.82, 2.24) is 20.9 Å². The minimum absolute atomic E-state index is 0.0203. The van der Waals surface area contributed by atoms with Gasteiger partial charge in [0, 0.05) is 24.6 Å². The first-order valence-corrected chi connectivity index (χ1v) is 12.6. The van der Waals surface area contributed by atoms with Gasteiger partial charge in [-0.05, 0) is 37.0 Å². The molecule has 5 rings (SSSR count). The van der Waals surface area contributed by atoms with E-state index in [1.807, 2.05) is 58.0 Å². The average molecular weight is 506 g/mol. The molecule has 3 N–H and O–H groups in total. The van der Waals surface area contributed by atoms with Crippen LogP contribution in [0.1, 0.15) is 50.1 Å². The highest BCUT2D eigenvalue weighted by Gasteiger charge is 2.45. The fourth-order valence-corrected chi connectivity index (χ4v) is 5.21. The molecule has 1 amide bonds. The Kier molecular flexibility index (Phi) is 6.59. The summed E-state index contributed by atoms with van der Waals surface area (Å²) in [5.41, 5.74) is 8.50. The van der Waals surface area contributed by atoms with E-state index in [0.29, 0.717) is 29.3 Å². The van der Waals surface area contributed by atoms with E-state index in [-0.39, 0.29) is 24.2 Å². The maximum absolute atomic E-state index is 14.2. The number of β-amino-alcohol motifs (C(OH)–C–C–N with tert-alkyl or cyclic N) is 1. The molecule has 1 fully saturated rings. The topological polar surface area (TPSA) is 103 Å². The van der Waals surface area contributed by atoms with Gasteiger partial charge in [-0.2, -0.15) is 0 Å². The molecular weight excluding hydrogens is 473 g/mol. The minimum Gasteiger partial charge on any atom is -0.391 e. The van der Waals surface area contributed by atoms with E-state index >= 15 is 0 Å². The Morgan fingerprint density at radius 2 is 1.95 bits per heavy atom. The number of amides is 1. The van der Waals surface area contributed by atoms with E-state index in [4.69, 9.17) is 9.52 Å². The minimum atomic E-state index is -0.801. The Morgan fingerprint density at radius 1 is 1.22 bits per heavy atom. The molecule has 2 aliphatic heterocycles. The number of aromatic nitrogens is 1. The molecule has 194 valence electrons. The van der Waals surface area contributed by atoms with E-state index in [0.717, 1.165) is 11.1 Å².